The molecule has 1 aliphatic rings. The predicted molar refractivity (Wildman–Crippen MR) is 121 cm³/mol. The van der Waals surface area contributed by atoms with Crippen LogP contribution in [0.4, 0.5) is 11.5 Å². The van der Waals surface area contributed by atoms with Crippen LogP contribution in [-0.4, -0.2) is 47.4 Å². The first-order valence-corrected chi connectivity index (χ1v) is 11.5. The number of anilines is 2. The van der Waals surface area contributed by atoms with Crippen molar-refractivity contribution in [1.29, 1.82) is 0 Å². The highest BCUT2D eigenvalue weighted by Gasteiger charge is 2.26. The molecule has 1 aromatic carbocycles. The van der Waals surface area contributed by atoms with E-state index in [4.69, 9.17) is 11.6 Å². The molecule has 0 aliphatic carbocycles. The maximum absolute atomic E-state index is 12.3. The zero-order chi connectivity index (χ0) is 21.3. The van der Waals surface area contributed by atoms with Gasteiger partial charge in [0.1, 0.15) is 5.03 Å². The van der Waals surface area contributed by atoms with Crippen LogP contribution in [0, 0.1) is 5.92 Å². The summed E-state index contributed by atoms with van der Waals surface area (Å²) in [7, 11) is 0. The van der Waals surface area contributed by atoms with Crippen LogP contribution in [0.1, 0.15) is 26.2 Å². The van der Waals surface area contributed by atoms with Gasteiger partial charge in [-0.15, -0.1) is 10.2 Å². The van der Waals surface area contributed by atoms with Gasteiger partial charge in [0.25, 0.3) is 0 Å². The summed E-state index contributed by atoms with van der Waals surface area (Å²) in [4.78, 5) is 26.5. The number of benzene rings is 1. The van der Waals surface area contributed by atoms with Gasteiger partial charge in [-0.2, -0.15) is 0 Å². The molecule has 0 bridgehead atoms. The summed E-state index contributed by atoms with van der Waals surface area (Å²) < 4.78 is 0. The van der Waals surface area contributed by atoms with Crippen molar-refractivity contribution in [3.05, 3.63) is 41.4 Å². The summed E-state index contributed by atoms with van der Waals surface area (Å²) in [5.74, 6) is 0.953. The smallest absolute Gasteiger partial charge is 0.234 e. The summed E-state index contributed by atoms with van der Waals surface area (Å²) in [6.45, 7) is 4.27. The minimum atomic E-state index is -0.134. The molecule has 1 saturated heterocycles. The Bertz CT molecular complexity index is 865. The Morgan fingerprint density at radius 3 is 2.87 bits per heavy atom. The minimum Gasteiger partial charge on any atom is -0.356 e. The number of piperidine rings is 1. The molecule has 1 unspecified atom stereocenters. The Balaban J connectivity index is 1.49. The van der Waals surface area contributed by atoms with Gasteiger partial charge in [-0.05, 0) is 49.6 Å². The highest BCUT2D eigenvalue weighted by atomic mass is 35.5. The summed E-state index contributed by atoms with van der Waals surface area (Å²) >= 11 is 7.25. The lowest BCUT2D eigenvalue weighted by molar-refractivity contribution is -0.125. The average Bonchev–Trinajstić information content (AvgIpc) is 2.76. The molecule has 1 atom stereocenters. The minimum absolute atomic E-state index is 0.0173. The standard InChI is InChI=1S/C21H26ClN5O2S/c1-2-10-23-21(29)15-5-4-11-27(13-15)18-8-9-20(26-25-18)30-14-19(28)24-17-7-3-6-16(22)12-17/h3,6-9,12,15H,2,4-5,10-11,13-14H2,1H3,(H,23,29)(H,24,28). The number of rotatable bonds is 8. The van der Waals surface area contributed by atoms with Crippen LogP contribution in [-0.2, 0) is 9.59 Å². The SMILES string of the molecule is CCCNC(=O)C1CCCN(c2ccc(SCC(=O)Nc3cccc(Cl)c3)nn2)C1. The second-order valence-corrected chi connectivity index (χ2v) is 8.59. The van der Waals surface area contributed by atoms with E-state index < -0.39 is 0 Å². The van der Waals surface area contributed by atoms with Gasteiger partial charge in [-0.3, -0.25) is 9.59 Å². The maximum atomic E-state index is 12.3. The second-order valence-electron chi connectivity index (χ2n) is 7.15. The molecule has 1 aromatic heterocycles. The Hall–Kier alpha value is -2.32. The number of halogens is 1. The Labute approximate surface area is 186 Å². The fraction of sp³-hybridized carbons (Fsp3) is 0.429. The van der Waals surface area contributed by atoms with Crippen LogP contribution in [0.2, 0.25) is 5.02 Å². The number of hydrogen-bond donors (Lipinski definition) is 2. The monoisotopic (exact) mass is 447 g/mol. The molecule has 30 heavy (non-hydrogen) atoms. The molecule has 1 fully saturated rings. The fourth-order valence-electron chi connectivity index (χ4n) is 3.25. The van der Waals surface area contributed by atoms with Gasteiger partial charge >= 0.3 is 0 Å². The van der Waals surface area contributed by atoms with Crippen LogP contribution in [0.3, 0.4) is 0 Å². The van der Waals surface area contributed by atoms with E-state index in [1.807, 2.05) is 19.1 Å². The number of amides is 2. The van der Waals surface area contributed by atoms with Crippen molar-refractivity contribution in [2.24, 2.45) is 5.92 Å². The molecule has 7 nitrogen and oxygen atoms in total. The molecule has 9 heteroatoms. The van der Waals surface area contributed by atoms with Crippen molar-refractivity contribution in [1.82, 2.24) is 15.5 Å². The van der Waals surface area contributed by atoms with Gasteiger partial charge in [0.15, 0.2) is 5.82 Å². The lowest BCUT2D eigenvalue weighted by Crippen LogP contribution is -2.43. The maximum Gasteiger partial charge on any atom is 0.234 e. The molecule has 2 amide bonds. The number of nitrogens with one attached hydrogen (secondary N) is 2. The van der Waals surface area contributed by atoms with E-state index in [0.717, 1.165) is 31.6 Å². The van der Waals surface area contributed by atoms with Gasteiger partial charge in [0, 0.05) is 30.3 Å². The van der Waals surface area contributed by atoms with Crippen molar-refractivity contribution < 1.29 is 9.59 Å². The van der Waals surface area contributed by atoms with Gasteiger partial charge in [-0.25, -0.2) is 0 Å². The van der Waals surface area contributed by atoms with Gasteiger partial charge in [0.05, 0.1) is 11.7 Å². The predicted octanol–water partition coefficient (Wildman–Crippen LogP) is 3.60. The summed E-state index contributed by atoms with van der Waals surface area (Å²) in [6.07, 6.45) is 2.78. The van der Waals surface area contributed by atoms with Crippen LogP contribution in [0.5, 0.6) is 0 Å². The Kier molecular flexibility index (Phi) is 8.33. The van der Waals surface area contributed by atoms with Crippen LogP contribution in [0.25, 0.3) is 0 Å². The highest BCUT2D eigenvalue weighted by molar-refractivity contribution is 7.99. The molecule has 1 aliphatic heterocycles. The largest absolute Gasteiger partial charge is 0.356 e. The van der Waals surface area contributed by atoms with Crippen molar-refractivity contribution in [3.63, 3.8) is 0 Å². The van der Waals surface area contributed by atoms with Crippen molar-refractivity contribution in [2.75, 3.05) is 35.6 Å². The molecule has 2 heterocycles. The van der Waals surface area contributed by atoms with Gasteiger partial charge < -0.3 is 15.5 Å². The third kappa shape index (κ3) is 6.60. The first-order valence-electron chi connectivity index (χ1n) is 10.1. The molecule has 0 saturated carbocycles. The quantitative estimate of drug-likeness (QED) is 0.601. The van der Waals surface area contributed by atoms with E-state index in [9.17, 15) is 9.59 Å². The number of hydrogen-bond acceptors (Lipinski definition) is 6. The molecular formula is C21H26ClN5O2S. The summed E-state index contributed by atoms with van der Waals surface area (Å²) in [5.41, 5.74) is 0.664. The number of aromatic nitrogens is 2. The Morgan fingerprint density at radius 2 is 2.13 bits per heavy atom. The van der Waals surface area contributed by atoms with Gasteiger partial charge in [0.2, 0.25) is 11.8 Å². The van der Waals surface area contributed by atoms with Crippen LogP contribution >= 0.6 is 23.4 Å². The van der Waals surface area contributed by atoms with E-state index in [2.05, 4.69) is 25.7 Å². The molecular weight excluding hydrogens is 422 g/mol. The number of thioether (sulfide) groups is 1. The Morgan fingerprint density at radius 1 is 1.27 bits per heavy atom. The first-order chi connectivity index (χ1) is 14.5. The molecule has 0 spiro atoms. The molecule has 160 valence electrons. The zero-order valence-electron chi connectivity index (χ0n) is 16.9. The first kappa shape index (κ1) is 22.4. The summed E-state index contributed by atoms with van der Waals surface area (Å²) in [5, 5.41) is 15.6. The molecule has 2 N–H and O–H groups in total. The van der Waals surface area contributed by atoms with E-state index >= 15 is 0 Å². The third-order valence-corrected chi connectivity index (χ3v) is 5.91. The van der Waals surface area contributed by atoms with E-state index in [1.165, 1.54) is 11.8 Å². The normalized spacial score (nSPS) is 16.2. The lowest BCUT2D eigenvalue weighted by atomic mass is 9.97. The van der Waals surface area contributed by atoms with Crippen LogP contribution < -0.4 is 15.5 Å². The lowest BCUT2D eigenvalue weighted by Gasteiger charge is -2.32. The molecule has 3 rings (SSSR count). The van der Waals surface area contributed by atoms with E-state index in [0.29, 0.717) is 28.8 Å². The third-order valence-electron chi connectivity index (χ3n) is 4.75. The van der Waals surface area contributed by atoms with Crippen molar-refractivity contribution >= 4 is 46.7 Å². The van der Waals surface area contributed by atoms with Gasteiger partial charge in [-0.1, -0.05) is 36.4 Å². The highest BCUT2D eigenvalue weighted by Crippen LogP contribution is 2.23. The fourth-order valence-corrected chi connectivity index (χ4v) is 4.06. The summed E-state index contributed by atoms with van der Waals surface area (Å²) in [6, 6.07) is 10.8. The van der Waals surface area contributed by atoms with Crippen molar-refractivity contribution in [3.8, 4) is 0 Å². The number of nitrogens with zero attached hydrogens (tertiary/aromatic N) is 3. The van der Waals surface area contributed by atoms with Crippen LogP contribution in [0.15, 0.2) is 41.4 Å². The topological polar surface area (TPSA) is 87.2 Å². The second kappa shape index (κ2) is 11.2. The number of carbonyl (C=O) groups excluding carboxylic acids is 2. The van der Waals surface area contributed by atoms with E-state index in [1.54, 1.807) is 24.3 Å². The molecule has 0 radical (unpaired) electrons. The van der Waals surface area contributed by atoms with E-state index in [-0.39, 0.29) is 23.5 Å². The zero-order valence-corrected chi connectivity index (χ0v) is 18.5. The number of carbonyl (C=O) groups is 2. The molecule has 2 aromatic rings. The average molecular weight is 448 g/mol. The van der Waals surface area contributed by atoms with Crippen molar-refractivity contribution in [2.45, 2.75) is 31.2 Å².